The fraction of sp³-hybridized carbons (Fsp3) is 0.500. The molecule has 0 aliphatic heterocycles. The molecule has 0 aromatic heterocycles. The quantitative estimate of drug-likeness (QED) is 0.116. The van der Waals surface area contributed by atoms with Gasteiger partial charge in [0.05, 0.1) is 24.4 Å². The van der Waals surface area contributed by atoms with E-state index in [0.717, 1.165) is 29.5 Å². The van der Waals surface area contributed by atoms with E-state index in [-0.39, 0.29) is 48.4 Å². The van der Waals surface area contributed by atoms with Gasteiger partial charge >= 0.3 is 6.36 Å². The molecule has 10 heteroatoms. The number of carbonyl (C=O) groups is 1. The number of nitrogens with zero attached hydrogens (tertiary/aromatic N) is 1. The molecule has 9 unspecified atom stereocenters. The van der Waals surface area contributed by atoms with E-state index >= 15 is 4.79 Å². The Kier molecular flexibility index (Phi) is 9.72. The van der Waals surface area contributed by atoms with Gasteiger partial charge in [0, 0.05) is 47.0 Å². The number of aliphatic hydroxyl groups is 4. The Hall–Kier alpha value is -3.80. The Bertz CT molecular complexity index is 2020. The van der Waals surface area contributed by atoms with E-state index < -0.39 is 47.0 Å². The fourth-order valence-electron chi connectivity index (χ4n) is 12.3. The van der Waals surface area contributed by atoms with Gasteiger partial charge in [-0.3, -0.25) is 9.69 Å². The van der Waals surface area contributed by atoms with Crippen molar-refractivity contribution in [2.75, 3.05) is 19.7 Å². The van der Waals surface area contributed by atoms with Gasteiger partial charge in [0.1, 0.15) is 5.75 Å². The van der Waals surface area contributed by atoms with Crippen LogP contribution in [-0.2, 0) is 6.54 Å². The van der Waals surface area contributed by atoms with Gasteiger partial charge < -0.3 is 25.2 Å². The Labute approximate surface area is 326 Å². The Morgan fingerprint density at radius 1 is 0.893 bits per heavy atom. The third kappa shape index (κ3) is 6.18. The molecule has 6 aliphatic carbocycles. The molecule has 9 atom stereocenters. The van der Waals surface area contributed by atoms with Crippen LogP contribution in [0.15, 0.2) is 103 Å². The minimum Gasteiger partial charge on any atom is -0.406 e. The molecule has 0 heterocycles. The summed E-state index contributed by atoms with van der Waals surface area (Å²) in [7, 11) is 0. The maximum absolute atomic E-state index is 15.4. The summed E-state index contributed by atoms with van der Waals surface area (Å²) in [5.41, 5.74) is 0.574. The molecule has 9 rings (SSSR count). The number of hydrogen-bond acceptors (Lipinski definition) is 7. The number of alkyl halides is 3. The van der Waals surface area contributed by atoms with Crippen molar-refractivity contribution in [3.63, 3.8) is 0 Å². The van der Waals surface area contributed by atoms with Crippen LogP contribution in [0, 0.1) is 33.5 Å². The molecule has 0 radical (unpaired) electrons. The summed E-state index contributed by atoms with van der Waals surface area (Å²) >= 11 is 0. The maximum Gasteiger partial charge on any atom is 0.573 e. The second kappa shape index (κ2) is 13.9. The highest BCUT2D eigenvalue weighted by atomic mass is 19.4. The Morgan fingerprint density at radius 3 is 2.27 bits per heavy atom. The highest BCUT2D eigenvalue weighted by molar-refractivity contribution is 6.14. The summed E-state index contributed by atoms with van der Waals surface area (Å²) in [6.07, 6.45) is 5.09. The highest BCUT2D eigenvalue weighted by Gasteiger charge is 2.74. The van der Waals surface area contributed by atoms with E-state index in [1.807, 2.05) is 59.5 Å². The first-order valence-corrected chi connectivity index (χ1v) is 20.0. The van der Waals surface area contributed by atoms with Crippen LogP contribution in [0.1, 0.15) is 74.7 Å². The molecule has 56 heavy (non-hydrogen) atoms. The maximum atomic E-state index is 15.4. The van der Waals surface area contributed by atoms with Crippen molar-refractivity contribution >= 4 is 5.78 Å². The second-order valence-electron chi connectivity index (χ2n) is 17.7. The van der Waals surface area contributed by atoms with Gasteiger partial charge in [-0.1, -0.05) is 98.8 Å². The largest absolute Gasteiger partial charge is 0.573 e. The van der Waals surface area contributed by atoms with Crippen LogP contribution in [0.5, 0.6) is 5.75 Å². The summed E-state index contributed by atoms with van der Waals surface area (Å²) in [6, 6.07) is 23.2. The molecule has 4 N–H and O–H groups in total. The minimum atomic E-state index is -4.82. The smallest absolute Gasteiger partial charge is 0.406 e. The van der Waals surface area contributed by atoms with Crippen molar-refractivity contribution in [1.82, 2.24) is 4.90 Å². The van der Waals surface area contributed by atoms with Crippen LogP contribution in [-0.4, -0.2) is 75.0 Å². The number of fused-ring (bicyclic) bond motifs is 1. The van der Waals surface area contributed by atoms with Crippen molar-refractivity contribution in [3.05, 3.63) is 114 Å². The van der Waals surface area contributed by atoms with E-state index in [1.54, 1.807) is 0 Å². The van der Waals surface area contributed by atoms with Gasteiger partial charge in [0.2, 0.25) is 0 Å². The highest BCUT2D eigenvalue weighted by Crippen LogP contribution is 2.78. The zero-order valence-corrected chi connectivity index (χ0v) is 32.0. The summed E-state index contributed by atoms with van der Waals surface area (Å²) in [6.45, 7) is 4.42. The van der Waals surface area contributed by atoms with E-state index in [2.05, 4.69) is 36.8 Å². The van der Waals surface area contributed by atoms with Crippen molar-refractivity contribution in [2.24, 2.45) is 33.5 Å². The number of ketones is 1. The number of aliphatic hydroxyl groups excluding tert-OH is 3. The topological polar surface area (TPSA) is 110 Å². The van der Waals surface area contributed by atoms with E-state index in [9.17, 15) is 33.6 Å². The molecule has 0 saturated heterocycles. The number of carbonyl (C=O) groups excluding carboxylic acids is 1. The van der Waals surface area contributed by atoms with Crippen molar-refractivity contribution < 1.29 is 43.1 Å². The number of hydrogen-bond donors (Lipinski definition) is 4. The lowest BCUT2D eigenvalue weighted by atomic mass is 9.32. The first kappa shape index (κ1) is 39.0. The van der Waals surface area contributed by atoms with Gasteiger partial charge in [-0.2, -0.15) is 0 Å². The van der Waals surface area contributed by atoms with E-state index in [0.29, 0.717) is 43.2 Å². The van der Waals surface area contributed by atoms with Gasteiger partial charge in [0.15, 0.2) is 5.78 Å². The standard InChI is InChI=1S/C46H52F3NO6/c1-41-19-16-32(52)24-43(41)22-23-45(37(25-43)40(54)36-11-7-6-10-35(36)31-8-4-3-5-9-31)38(41)17-20-42(2)39(45)18-21-44(42,55)29-50(27-33(53)28-51)26-30-12-14-34(15-13-30)56-46(47,48)49/h3-15,22-23,25,32-33,38-39,51-53,55H,16-21,24,26-29H2,1-2H3. The van der Waals surface area contributed by atoms with Crippen LogP contribution in [0.4, 0.5) is 13.2 Å². The lowest BCUT2D eigenvalue weighted by molar-refractivity contribution is -0.274. The van der Waals surface area contributed by atoms with Crippen LogP contribution >= 0.6 is 0 Å². The summed E-state index contributed by atoms with van der Waals surface area (Å²) in [5, 5.41) is 44.6. The number of rotatable bonds is 11. The van der Waals surface area contributed by atoms with Gasteiger partial charge in [-0.15, -0.1) is 13.2 Å². The molecule has 3 aromatic rings. The molecule has 6 aliphatic rings. The SMILES string of the molecule is CC12CCC(O)CC13C=CC1(C(C(=O)c4ccccc4-c4ccccc4)=C3)C2CCC2(C)C1CCC2(O)CN(Cc1ccc(OC(F)(F)F)cc1)CC(O)CO. The van der Waals surface area contributed by atoms with E-state index in [4.69, 9.17) is 0 Å². The summed E-state index contributed by atoms with van der Waals surface area (Å²) in [4.78, 5) is 17.3. The van der Waals surface area contributed by atoms with Crippen molar-refractivity contribution in [3.8, 4) is 16.9 Å². The normalized spacial score (nSPS) is 35.0. The molecule has 2 bridgehead atoms. The first-order valence-electron chi connectivity index (χ1n) is 20.0. The molecule has 7 nitrogen and oxygen atoms in total. The first-order chi connectivity index (χ1) is 26.6. The third-order valence-corrected chi connectivity index (χ3v) is 14.9. The zero-order valence-electron chi connectivity index (χ0n) is 32.0. The average molecular weight is 772 g/mol. The van der Waals surface area contributed by atoms with Crippen LogP contribution < -0.4 is 4.74 Å². The number of ether oxygens (including phenoxy) is 1. The predicted molar refractivity (Wildman–Crippen MR) is 206 cm³/mol. The molecule has 0 amide bonds. The minimum absolute atomic E-state index is 0.0226. The van der Waals surface area contributed by atoms with E-state index in [1.165, 1.54) is 24.3 Å². The van der Waals surface area contributed by atoms with Crippen LogP contribution in [0.25, 0.3) is 11.1 Å². The lowest BCUT2D eigenvalue weighted by Gasteiger charge is -2.71. The molecule has 3 fully saturated rings. The molecule has 298 valence electrons. The second-order valence-corrected chi connectivity index (χ2v) is 17.7. The average Bonchev–Trinajstić information content (AvgIpc) is 3.44. The zero-order chi connectivity index (χ0) is 39.7. The molecular formula is C46H52F3NO6. The summed E-state index contributed by atoms with van der Waals surface area (Å²) in [5.74, 6) is -0.373. The number of Topliss-reactive ketones (excluding diaryl/α,β-unsaturated/α-hetero) is 1. The number of halogens is 3. The lowest BCUT2D eigenvalue weighted by Crippen LogP contribution is -2.67. The Morgan fingerprint density at radius 2 is 1.55 bits per heavy atom. The predicted octanol–water partition coefficient (Wildman–Crippen LogP) is 7.88. The monoisotopic (exact) mass is 771 g/mol. The number of allylic oxidation sites excluding steroid dienone is 4. The number of benzene rings is 3. The molecule has 2 spiro atoms. The van der Waals surface area contributed by atoms with Gasteiger partial charge in [-0.25, -0.2) is 0 Å². The fourth-order valence-corrected chi connectivity index (χ4v) is 12.3. The van der Waals surface area contributed by atoms with Crippen LogP contribution in [0.3, 0.4) is 0 Å². The van der Waals surface area contributed by atoms with Crippen molar-refractivity contribution in [2.45, 2.75) is 89.5 Å². The molecular weight excluding hydrogens is 720 g/mol. The van der Waals surface area contributed by atoms with Crippen molar-refractivity contribution in [1.29, 1.82) is 0 Å². The third-order valence-electron chi connectivity index (χ3n) is 14.9. The van der Waals surface area contributed by atoms with Gasteiger partial charge in [0.25, 0.3) is 0 Å². The molecule has 3 aromatic carbocycles. The molecule has 3 saturated carbocycles. The summed E-state index contributed by atoms with van der Waals surface area (Å²) < 4.78 is 42.6. The Balaban J connectivity index is 1.18. The van der Waals surface area contributed by atoms with Gasteiger partial charge in [-0.05, 0) is 91.0 Å². The van der Waals surface area contributed by atoms with Crippen LogP contribution in [0.2, 0.25) is 0 Å².